The van der Waals surface area contributed by atoms with Crippen molar-refractivity contribution in [1.82, 2.24) is 4.90 Å². The summed E-state index contributed by atoms with van der Waals surface area (Å²) in [7, 11) is 0. The van der Waals surface area contributed by atoms with E-state index in [1.807, 2.05) is 13.0 Å². The number of hydrogen-bond acceptors (Lipinski definition) is 5. The lowest BCUT2D eigenvalue weighted by molar-refractivity contribution is -0.134. The summed E-state index contributed by atoms with van der Waals surface area (Å²) in [5.74, 6) is -0.888. The molecule has 2 N–H and O–H groups in total. The Morgan fingerprint density at radius 2 is 1.80 bits per heavy atom. The third-order valence-corrected chi connectivity index (χ3v) is 6.98. The molecule has 8 heteroatoms. The molecule has 5 rings (SSSR count). The molecule has 3 heterocycles. The summed E-state index contributed by atoms with van der Waals surface area (Å²) in [6, 6.07) is 9.75. The Bertz CT molecular complexity index is 1490. The molecule has 0 bridgehead atoms. The first-order chi connectivity index (χ1) is 16.8. The van der Waals surface area contributed by atoms with Gasteiger partial charge in [0.25, 0.3) is 0 Å². The highest BCUT2D eigenvalue weighted by Crippen LogP contribution is 2.34. The lowest BCUT2D eigenvalue weighted by atomic mass is 9.95. The SMILES string of the molecule is Cc1c(CCC(=O)N2CCC(C(N)=O)CC2)c(=O)oc2cc3occ(-c4ccc(F)cc4)c3cc12. The molecule has 2 amide bonds. The molecule has 2 aromatic heterocycles. The highest BCUT2D eigenvalue weighted by Gasteiger charge is 2.26. The predicted octanol–water partition coefficient (Wildman–Crippen LogP) is 4.31. The number of amides is 2. The molecule has 7 nitrogen and oxygen atoms in total. The quantitative estimate of drug-likeness (QED) is 0.432. The molecule has 0 unspecified atom stereocenters. The molecule has 0 atom stereocenters. The Kier molecular flexibility index (Phi) is 5.88. The number of benzene rings is 2. The number of carbonyl (C=O) groups excluding carboxylic acids is 2. The van der Waals surface area contributed by atoms with Crippen LogP contribution in [0.5, 0.6) is 0 Å². The summed E-state index contributed by atoms with van der Waals surface area (Å²) in [4.78, 5) is 38.6. The molecule has 0 spiro atoms. The molecule has 180 valence electrons. The van der Waals surface area contributed by atoms with E-state index >= 15 is 0 Å². The van der Waals surface area contributed by atoms with Crippen molar-refractivity contribution in [2.24, 2.45) is 11.7 Å². The Hall–Kier alpha value is -3.94. The van der Waals surface area contributed by atoms with E-state index in [9.17, 15) is 18.8 Å². The normalized spacial score (nSPS) is 14.6. The van der Waals surface area contributed by atoms with Crippen molar-refractivity contribution < 1.29 is 22.8 Å². The zero-order chi connectivity index (χ0) is 24.7. The number of carbonyl (C=O) groups is 2. The molecule has 1 fully saturated rings. The number of aryl methyl sites for hydroxylation is 1. The molecule has 1 aliphatic heterocycles. The van der Waals surface area contributed by atoms with E-state index in [0.717, 1.165) is 27.5 Å². The van der Waals surface area contributed by atoms with Crippen LogP contribution in [0.4, 0.5) is 4.39 Å². The predicted molar refractivity (Wildman–Crippen MR) is 129 cm³/mol. The summed E-state index contributed by atoms with van der Waals surface area (Å²) < 4.78 is 24.6. The Labute approximate surface area is 200 Å². The summed E-state index contributed by atoms with van der Waals surface area (Å²) in [5.41, 5.74) is 8.70. The maximum absolute atomic E-state index is 13.4. The monoisotopic (exact) mass is 476 g/mol. The number of halogens is 1. The van der Waals surface area contributed by atoms with Gasteiger partial charge in [0.05, 0.1) is 6.26 Å². The molecule has 2 aromatic carbocycles. The molecule has 1 aliphatic rings. The average molecular weight is 477 g/mol. The van der Waals surface area contributed by atoms with Crippen LogP contribution in [0.15, 0.2) is 56.3 Å². The average Bonchev–Trinajstić information content (AvgIpc) is 3.26. The summed E-state index contributed by atoms with van der Waals surface area (Å²) >= 11 is 0. The van der Waals surface area contributed by atoms with Gasteiger partial charge in [-0.15, -0.1) is 0 Å². The standard InChI is InChI=1S/C27H25FN2O5/c1-15-19(6-7-25(31)30-10-8-17(9-11-30)26(29)32)27(33)35-24-13-23-21(12-20(15)24)22(14-34-23)16-2-4-18(28)5-3-16/h2-5,12-14,17H,6-11H2,1H3,(H2,29,32). The molecular weight excluding hydrogens is 451 g/mol. The van der Waals surface area contributed by atoms with Gasteiger partial charge in [0.1, 0.15) is 17.0 Å². The number of furan rings is 1. The van der Waals surface area contributed by atoms with Crippen molar-refractivity contribution in [3.63, 3.8) is 0 Å². The molecule has 0 radical (unpaired) electrons. The van der Waals surface area contributed by atoms with Crippen molar-refractivity contribution in [2.45, 2.75) is 32.6 Å². The highest BCUT2D eigenvalue weighted by atomic mass is 19.1. The van der Waals surface area contributed by atoms with Crippen LogP contribution in [-0.4, -0.2) is 29.8 Å². The van der Waals surface area contributed by atoms with E-state index < -0.39 is 5.63 Å². The third kappa shape index (κ3) is 4.32. The first-order valence-electron chi connectivity index (χ1n) is 11.6. The van der Waals surface area contributed by atoms with Gasteiger partial charge in [-0.1, -0.05) is 12.1 Å². The lowest BCUT2D eigenvalue weighted by Gasteiger charge is -2.30. The number of primary amides is 1. The number of nitrogens with two attached hydrogens (primary N) is 1. The van der Waals surface area contributed by atoms with Gasteiger partial charge >= 0.3 is 5.63 Å². The van der Waals surface area contributed by atoms with E-state index in [1.165, 1.54) is 12.1 Å². The van der Waals surface area contributed by atoms with E-state index in [4.69, 9.17) is 14.6 Å². The van der Waals surface area contributed by atoms with Crippen molar-refractivity contribution >= 4 is 33.8 Å². The molecule has 35 heavy (non-hydrogen) atoms. The lowest BCUT2D eigenvalue weighted by Crippen LogP contribution is -2.41. The largest absolute Gasteiger partial charge is 0.464 e. The van der Waals surface area contributed by atoms with Crippen LogP contribution in [0.1, 0.15) is 30.4 Å². The Morgan fingerprint density at radius 1 is 1.09 bits per heavy atom. The topological polar surface area (TPSA) is 107 Å². The van der Waals surface area contributed by atoms with Crippen molar-refractivity contribution in [2.75, 3.05) is 13.1 Å². The number of rotatable bonds is 5. The van der Waals surface area contributed by atoms with Gasteiger partial charge in [-0.3, -0.25) is 9.59 Å². The van der Waals surface area contributed by atoms with Gasteiger partial charge in [0, 0.05) is 53.4 Å². The number of likely N-dealkylation sites (tertiary alicyclic amines) is 1. The molecular formula is C27H25FN2O5. The minimum atomic E-state index is -0.472. The van der Waals surface area contributed by atoms with E-state index in [0.29, 0.717) is 42.7 Å². The second kappa shape index (κ2) is 9.02. The number of piperidine rings is 1. The maximum atomic E-state index is 13.4. The second-order valence-electron chi connectivity index (χ2n) is 9.05. The summed E-state index contributed by atoms with van der Waals surface area (Å²) in [6.07, 6.45) is 3.16. The van der Waals surface area contributed by atoms with E-state index in [2.05, 4.69) is 0 Å². The smallest absolute Gasteiger partial charge is 0.339 e. The van der Waals surface area contributed by atoms with Crippen LogP contribution < -0.4 is 11.4 Å². The van der Waals surface area contributed by atoms with Crippen molar-refractivity contribution in [3.05, 3.63) is 70.0 Å². The molecule has 0 aliphatic carbocycles. The number of fused-ring (bicyclic) bond motifs is 2. The fourth-order valence-corrected chi connectivity index (χ4v) is 4.86. The Morgan fingerprint density at radius 3 is 2.49 bits per heavy atom. The van der Waals surface area contributed by atoms with E-state index in [1.54, 1.807) is 29.4 Å². The van der Waals surface area contributed by atoms with Gasteiger partial charge in [0.2, 0.25) is 11.8 Å². The number of hydrogen-bond donors (Lipinski definition) is 1. The molecule has 0 saturated carbocycles. The minimum Gasteiger partial charge on any atom is -0.464 e. The first-order valence-corrected chi connectivity index (χ1v) is 11.6. The van der Waals surface area contributed by atoms with Crippen LogP contribution >= 0.6 is 0 Å². The zero-order valence-electron chi connectivity index (χ0n) is 19.3. The second-order valence-corrected chi connectivity index (χ2v) is 9.05. The van der Waals surface area contributed by atoms with Crippen LogP contribution in [0.3, 0.4) is 0 Å². The van der Waals surface area contributed by atoms with Gasteiger partial charge in [-0.2, -0.15) is 0 Å². The fourth-order valence-electron chi connectivity index (χ4n) is 4.86. The van der Waals surface area contributed by atoms with Crippen LogP contribution in [-0.2, 0) is 16.0 Å². The Balaban J connectivity index is 1.42. The summed E-state index contributed by atoms with van der Waals surface area (Å²) in [5, 5.41) is 1.58. The van der Waals surface area contributed by atoms with Crippen molar-refractivity contribution in [1.29, 1.82) is 0 Å². The van der Waals surface area contributed by atoms with Gasteiger partial charge in [0.15, 0.2) is 0 Å². The zero-order valence-corrected chi connectivity index (χ0v) is 19.3. The van der Waals surface area contributed by atoms with Gasteiger partial charge in [-0.25, -0.2) is 9.18 Å². The molecule has 4 aromatic rings. The maximum Gasteiger partial charge on any atom is 0.339 e. The number of nitrogens with zero attached hydrogens (tertiary/aromatic N) is 1. The highest BCUT2D eigenvalue weighted by molar-refractivity contribution is 6.02. The van der Waals surface area contributed by atoms with Gasteiger partial charge in [-0.05, 0) is 55.5 Å². The fraction of sp³-hybridized carbons (Fsp3) is 0.296. The first kappa shape index (κ1) is 22.8. The molecule has 1 saturated heterocycles. The van der Waals surface area contributed by atoms with Crippen LogP contribution in [0, 0.1) is 18.7 Å². The van der Waals surface area contributed by atoms with Crippen molar-refractivity contribution in [3.8, 4) is 11.1 Å². The van der Waals surface area contributed by atoms with Crippen LogP contribution in [0.2, 0.25) is 0 Å². The summed E-state index contributed by atoms with van der Waals surface area (Å²) in [6.45, 7) is 2.83. The third-order valence-electron chi connectivity index (χ3n) is 6.98. The van der Waals surface area contributed by atoms with Gasteiger partial charge < -0.3 is 19.5 Å². The van der Waals surface area contributed by atoms with Crippen LogP contribution in [0.25, 0.3) is 33.1 Å². The van der Waals surface area contributed by atoms with E-state index in [-0.39, 0.29) is 36.4 Å². The minimum absolute atomic E-state index is 0.0595.